The lowest BCUT2D eigenvalue weighted by Gasteiger charge is -2.34. The molecule has 2 atom stereocenters. The summed E-state index contributed by atoms with van der Waals surface area (Å²) in [7, 11) is 1.07. The molecule has 0 rings (SSSR count). The maximum absolute atomic E-state index is 6.03. The molecule has 5 heteroatoms. The van der Waals surface area contributed by atoms with Crippen molar-refractivity contribution in [2.75, 3.05) is 14.2 Å². The molecule has 4 nitrogen and oxygen atoms in total. The molecule has 0 aromatic rings. The summed E-state index contributed by atoms with van der Waals surface area (Å²) in [5.41, 5.74) is 11.9. The number of hydrogen-bond acceptors (Lipinski definition) is 4. The summed E-state index contributed by atoms with van der Waals surface area (Å²) in [5.74, 6) is 0. The monoisotopic (exact) mass is 220 g/mol. The molecule has 0 fully saturated rings. The van der Waals surface area contributed by atoms with Gasteiger partial charge in [-0.25, -0.2) is 0 Å². The van der Waals surface area contributed by atoms with Crippen LogP contribution in [0.1, 0.15) is 26.7 Å². The van der Waals surface area contributed by atoms with E-state index in [-0.39, 0.29) is 11.7 Å². The predicted molar refractivity (Wildman–Crippen MR) is 61.1 cm³/mol. The number of hydrogen-bond donors (Lipinski definition) is 2. The fraction of sp³-hybridized carbons (Fsp3) is 1.00. The van der Waals surface area contributed by atoms with Crippen molar-refractivity contribution in [3.63, 3.8) is 0 Å². The van der Waals surface area contributed by atoms with E-state index in [4.69, 9.17) is 20.3 Å². The first-order valence-electron chi connectivity index (χ1n) is 5.17. The minimum Gasteiger partial charge on any atom is -0.397 e. The van der Waals surface area contributed by atoms with E-state index in [0.717, 1.165) is 18.9 Å². The summed E-state index contributed by atoms with van der Waals surface area (Å²) >= 11 is 0. The van der Waals surface area contributed by atoms with Gasteiger partial charge in [-0.05, 0) is 12.8 Å². The largest absolute Gasteiger partial charge is 0.397 e. The average Bonchev–Trinajstić information content (AvgIpc) is 2.24. The van der Waals surface area contributed by atoms with Crippen LogP contribution in [0.15, 0.2) is 0 Å². The lowest BCUT2D eigenvalue weighted by Crippen LogP contribution is -2.58. The fourth-order valence-electron chi connectivity index (χ4n) is 1.52. The van der Waals surface area contributed by atoms with E-state index in [1.54, 1.807) is 14.2 Å². The zero-order chi connectivity index (χ0) is 11.2. The van der Waals surface area contributed by atoms with Gasteiger partial charge in [0.1, 0.15) is 0 Å². The SMILES string of the molecule is CCC(N)C[Si](OC)(OC)C(N)CC. The standard InChI is InChI=1S/C9H24N2O2Si/c1-5-8(10)7-14(12-3,13-4)9(11)6-2/h8-9H,5-7,10-11H2,1-4H3. The molecule has 0 aliphatic heterocycles. The average molecular weight is 220 g/mol. The van der Waals surface area contributed by atoms with E-state index < -0.39 is 8.56 Å². The van der Waals surface area contributed by atoms with Crippen LogP contribution in [-0.4, -0.2) is 34.5 Å². The number of rotatable bonds is 7. The summed E-state index contributed by atoms with van der Waals surface area (Å²) in [5, 5.41) is 0. The Kier molecular flexibility index (Phi) is 6.55. The van der Waals surface area contributed by atoms with Gasteiger partial charge in [0.05, 0.1) is 0 Å². The molecule has 0 heterocycles. The molecule has 0 spiro atoms. The zero-order valence-electron chi connectivity index (χ0n) is 9.75. The molecular weight excluding hydrogens is 196 g/mol. The van der Waals surface area contributed by atoms with Crippen LogP contribution in [0.2, 0.25) is 6.04 Å². The second kappa shape index (κ2) is 6.52. The Morgan fingerprint density at radius 2 is 1.57 bits per heavy atom. The molecule has 0 aromatic carbocycles. The van der Waals surface area contributed by atoms with Crippen LogP contribution in [0.25, 0.3) is 0 Å². The van der Waals surface area contributed by atoms with E-state index in [1.807, 2.05) is 6.92 Å². The van der Waals surface area contributed by atoms with E-state index in [1.165, 1.54) is 0 Å². The van der Waals surface area contributed by atoms with Crippen LogP contribution in [0.5, 0.6) is 0 Å². The second-order valence-electron chi connectivity index (χ2n) is 3.61. The Hall–Kier alpha value is 0.0569. The first-order valence-corrected chi connectivity index (χ1v) is 7.27. The highest BCUT2D eigenvalue weighted by atomic mass is 28.4. The van der Waals surface area contributed by atoms with Crippen molar-refractivity contribution in [2.45, 2.75) is 44.4 Å². The minimum atomic E-state index is -2.28. The Balaban J connectivity index is 4.52. The van der Waals surface area contributed by atoms with Gasteiger partial charge in [0.25, 0.3) is 0 Å². The molecule has 0 aliphatic carbocycles. The Morgan fingerprint density at radius 1 is 1.07 bits per heavy atom. The van der Waals surface area contributed by atoms with Crippen LogP contribution in [0.4, 0.5) is 0 Å². The molecule has 0 amide bonds. The van der Waals surface area contributed by atoms with Gasteiger partial charge in [0, 0.05) is 32.0 Å². The summed E-state index contributed by atoms with van der Waals surface area (Å²) in [4.78, 5) is 0. The highest BCUT2D eigenvalue weighted by Gasteiger charge is 2.42. The molecule has 0 aliphatic rings. The normalized spacial score (nSPS) is 16.7. The predicted octanol–water partition coefficient (Wildman–Crippen LogP) is 0.735. The highest BCUT2D eigenvalue weighted by Crippen LogP contribution is 2.19. The van der Waals surface area contributed by atoms with Crippen molar-refractivity contribution in [3.05, 3.63) is 0 Å². The van der Waals surface area contributed by atoms with Crippen molar-refractivity contribution in [1.29, 1.82) is 0 Å². The van der Waals surface area contributed by atoms with Crippen molar-refractivity contribution in [2.24, 2.45) is 11.5 Å². The van der Waals surface area contributed by atoms with Crippen LogP contribution in [0, 0.1) is 0 Å². The van der Waals surface area contributed by atoms with Crippen LogP contribution < -0.4 is 11.5 Å². The van der Waals surface area contributed by atoms with Crippen LogP contribution >= 0.6 is 0 Å². The summed E-state index contributed by atoms with van der Waals surface area (Å²) < 4.78 is 11.0. The van der Waals surface area contributed by atoms with E-state index in [0.29, 0.717) is 0 Å². The van der Waals surface area contributed by atoms with Crippen molar-refractivity contribution in [3.8, 4) is 0 Å². The third kappa shape index (κ3) is 3.32. The Bertz CT molecular complexity index is 154. The Morgan fingerprint density at radius 3 is 1.86 bits per heavy atom. The molecule has 4 N–H and O–H groups in total. The van der Waals surface area contributed by atoms with Gasteiger partial charge in [0.2, 0.25) is 0 Å². The molecule has 0 saturated carbocycles. The smallest absolute Gasteiger partial charge is 0.356 e. The number of nitrogens with two attached hydrogens (primary N) is 2. The Labute approximate surface area is 88.2 Å². The topological polar surface area (TPSA) is 70.5 Å². The molecule has 0 radical (unpaired) electrons. The summed E-state index contributed by atoms with van der Waals surface area (Å²) in [6.45, 7) is 4.11. The highest BCUT2D eigenvalue weighted by molar-refractivity contribution is 6.69. The third-order valence-corrected chi connectivity index (χ3v) is 6.78. The summed E-state index contributed by atoms with van der Waals surface area (Å²) in [6, 6.07) is 0.894. The minimum absolute atomic E-state index is 0.00454. The molecular formula is C9H24N2O2Si. The van der Waals surface area contributed by atoms with E-state index in [2.05, 4.69) is 6.92 Å². The van der Waals surface area contributed by atoms with Gasteiger partial charge >= 0.3 is 8.56 Å². The van der Waals surface area contributed by atoms with Gasteiger partial charge in [-0.15, -0.1) is 0 Å². The molecule has 0 bridgehead atoms. The first-order chi connectivity index (χ1) is 6.56. The lowest BCUT2D eigenvalue weighted by molar-refractivity contribution is 0.225. The van der Waals surface area contributed by atoms with E-state index >= 15 is 0 Å². The van der Waals surface area contributed by atoms with Crippen LogP contribution in [0.3, 0.4) is 0 Å². The lowest BCUT2D eigenvalue weighted by atomic mass is 10.3. The molecule has 2 unspecified atom stereocenters. The maximum atomic E-state index is 6.03. The van der Waals surface area contributed by atoms with Crippen molar-refractivity contribution < 1.29 is 8.85 Å². The van der Waals surface area contributed by atoms with Crippen molar-refractivity contribution in [1.82, 2.24) is 0 Å². The van der Waals surface area contributed by atoms with Gasteiger partial charge in [-0.3, -0.25) is 0 Å². The molecule has 0 saturated heterocycles. The third-order valence-electron chi connectivity index (χ3n) is 2.77. The van der Waals surface area contributed by atoms with E-state index in [9.17, 15) is 0 Å². The fourth-order valence-corrected chi connectivity index (χ4v) is 4.57. The van der Waals surface area contributed by atoms with Gasteiger partial charge < -0.3 is 20.3 Å². The van der Waals surface area contributed by atoms with Gasteiger partial charge in [0.15, 0.2) is 0 Å². The first kappa shape index (κ1) is 14.1. The zero-order valence-corrected chi connectivity index (χ0v) is 10.7. The van der Waals surface area contributed by atoms with Gasteiger partial charge in [-0.2, -0.15) is 0 Å². The maximum Gasteiger partial charge on any atom is 0.356 e. The van der Waals surface area contributed by atoms with Gasteiger partial charge in [-0.1, -0.05) is 13.8 Å². The molecule has 14 heavy (non-hydrogen) atoms. The molecule has 86 valence electrons. The summed E-state index contributed by atoms with van der Waals surface area (Å²) in [6.07, 6.45) is 1.79. The van der Waals surface area contributed by atoms with Crippen LogP contribution in [-0.2, 0) is 8.85 Å². The second-order valence-corrected chi connectivity index (χ2v) is 7.20. The molecule has 0 aromatic heterocycles. The quantitative estimate of drug-likeness (QED) is 0.621. The van der Waals surface area contributed by atoms with Crippen molar-refractivity contribution >= 4 is 8.56 Å².